The molecule has 0 aliphatic heterocycles. The van der Waals surface area contributed by atoms with Crippen molar-refractivity contribution in [1.29, 1.82) is 0 Å². The molecule has 3 N–H and O–H groups in total. The molecule has 0 aromatic carbocycles. The van der Waals surface area contributed by atoms with Gasteiger partial charge in [0.1, 0.15) is 0 Å². The average molecular weight is 265 g/mol. The van der Waals surface area contributed by atoms with E-state index in [-0.39, 0.29) is 6.42 Å². The van der Waals surface area contributed by atoms with Gasteiger partial charge in [0.25, 0.3) is 0 Å². The lowest BCUT2D eigenvalue weighted by Crippen LogP contribution is -2.41. The first kappa shape index (κ1) is 14.5. The SMILES string of the molecule is Cc1n[nH]c(C)c1CC(=O)NCC(O)C(F)(F)F. The standard InChI is InChI=1S/C10H14F3N3O2/c1-5-7(6(2)16-15-5)3-9(18)14-4-8(17)10(11,12)13/h8,17H,3-4H2,1-2H3,(H,14,18)(H,15,16). The van der Waals surface area contributed by atoms with E-state index in [1.165, 1.54) is 0 Å². The normalized spacial score (nSPS) is 13.4. The van der Waals surface area contributed by atoms with E-state index in [2.05, 4.69) is 10.2 Å². The molecule has 102 valence electrons. The molecule has 1 unspecified atom stereocenters. The highest BCUT2D eigenvalue weighted by atomic mass is 19.4. The molecule has 0 saturated heterocycles. The number of halogens is 3. The minimum absolute atomic E-state index is 0.0707. The van der Waals surface area contributed by atoms with E-state index in [0.717, 1.165) is 0 Å². The van der Waals surface area contributed by atoms with Crippen molar-refractivity contribution >= 4 is 5.91 Å². The van der Waals surface area contributed by atoms with Crippen molar-refractivity contribution in [3.63, 3.8) is 0 Å². The number of carbonyl (C=O) groups excluding carboxylic acids is 1. The Kier molecular flexibility index (Phi) is 4.33. The maximum atomic E-state index is 12.0. The van der Waals surface area contributed by atoms with Crippen LogP contribution in [0, 0.1) is 13.8 Å². The first-order valence-corrected chi connectivity index (χ1v) is 5.23. The van der Waals surface area contributed by atoms with E-state index in [9.17, 15) is 18.0 Å². The Morgan fingerprint density at radius 3 is 2.56 bits per heavy atom. The summed E-state index contributed by atoms with van der Waals surface area (Å²) in [5, 5.41) is 17.3. The van der Waals surface area contributed by atoms with Gasteiger partial charge in [-0.25, -0.2) is 0 Å². The lowest BCUT2D eigenvalue weighted by molar-refractivity contribution is -0.201. The average Bonchev–Trinajstić information content (AvgIpc) is 2.56. The zero-order valence-electron chi connectivity index (χ0n) is 9.93. The van der Waals surface area contributed by atoms with Crippen LogP contribution in [0.4, 0.5) is 13.2 Å². The molecule has 0 aliphatic rings. The molecule has 1 heterocycles. The van der Waals surface area contributed by atoms with Crippen LogP contribution in [-0.2, 0) is 11.2 Å². The highest BCUT2D eigenvalue weighted by molar-refractivity contribution is 5.79. The van der Waals surface area contributed by atoms with E-state index < -0.39 is 24.7 Å². The molecule has 0 aliphatic carbocycles. The predicted octanol–water partition coefficient (Wildman–Crippen LogP) is 0.608. The summed E-state index contributed by atoms with van der Waals surface area (Å²) in [4.78, 5) is 11.4. The van der Waals surface area contributed by atoms with E-state index >= 15 is 0 Å². The maximum absolute atomic E-state index is 12.0. The summed E-state index contributed by atoms with van der Waals surface area (Å²) in [5.41, 5.74) is 1.96. The fourth-order valence-electron chi connectivity index (χ4n) is 1.38. The maximum Gasteiger partial charge on any atom is 0.416 e. The monoisotopic (exact) mass is 265 g/mol. The molecule has 5 nitrogen and oxygen atoms in total. The van der Waals surface area contributed by atoms with E-state index in [1.807, 2.05) is 5.32 Å². The highest BCUT2D eigenvalue weighted by Gasteiger charge is 2.38. The smallest absolute Gasteiger partial charge is 0.382 e. The Bertz CT molecular complexity index is 409. The van der Waals surface area contributed by atoms with E-state index in [1.54, 1.807) is 13.8 Å². The Morgan fingerprint density at radius 1 is 1.50 bits per heavy atom. The van der Waals surface area contributed by atoms with Crippen molar-refractivity contribution in [2.24, 2.45) is 0 Å². The van der Waals surface area contributed by atoms with Gasteiger partial charge in [0.05, 0.1) is 18.7 Å². The molecule has 1 aromatic rings. The van der Waals surface area contributed by atoms with Gasteiger partial charge in [-0.15, -0.1) is 0 Å². The van der Waals surface area contributed by atoms with Crippen LogP contribution in [0.2, 0.25) is 0 Å². The quantitative estimate of drug-likeness (QED) is 0.746. The van der Waals surface area contributed by atoms with Crippen molar-refractivity contribution in [3.05, 3.63) is 17.0 Å². The number of aromatic nitrogens is 2. The van der Waals surface area contributed by atoms with Gasteiger partial charge < -0.3 is 10.4 Å². The molecule has 1 rings (SSSR count). The topological polar surface area (TPSA) is 78.0 Å². The molecule has 1 amide bonds. The van der Waals surface area contributed by atoms with E-state index in [0.29, 0.717) is 17.0 Å². The molecule has 0 bridgehead atoms. The van der Waals surface area contributed by atoms with Crippen molar-refractivity contribution in [3.8, 4) is 0 Å². The minimum Gasteiger partial charge on any atom is -0.382 e. The first-order valence-electron chi connectivity index (χ1n) is 5.23. The fraction of sp³-hybridized carbons (Fsp3) is 0.600. The second-order valence-corrected chi connectivity index (χ2v) is 3.95. The number of rotatable bonds is 4. The molecule has 0 radical (unpaired) electrons. The number of H-pyrrole nitrogens is 1. The number of alkyl halides is 3. The number of hydrogen-bond acceptors (Lipinski definition) is 3. The largest absolute Gasteiger partial charge is 0.416 e. The number of aromatic amines is 1. The van der Waals surface area contributed by atoms with Gasteiger partial charge in [-0.05, 0) is 13.8 Å². The van der Waals surface area contributed by atoms with Crippen LogP contribution in [0.3, 0.4) is 0 Å². The minimum atomic E-state index is -4.73. The van der Waals surface area contributed by atoms with Gasteiger partial charge in [-0.1, -0.05) is 0 Å². The van der Waals surface area contributed by atoms with Crippen LogP contribution in [0.25, 0.3) is 0 Å². The molecule has 1 atom stereocenters. The fourth-order valence-corrected chi connectivity index (χ4v) is 1.38. The number of aliphatic hydroxyl groups is 1. The lowest BCUT2D eigenvalue weighted by Gasteiger charge is -2.14. The summed E-state index contributed by atoms with van der Waals surface area (Å²) in [6, 6.07) is 0. The number of nitrogens with one attached hydrogen (secondary N) is 2. The summed E-state index contributed by atoms with van der Waals surface area (Å²) in [6.07, 6.45) is -7.35. The Morgan fingerprint density at radius 2 is 2.11 bits per heavy atom. The van der Waals surface area contributed by atoms with Gasteiger partial charge in [0.2, 0.25) is 5.91 Å². The van der Waals surface area contributed by atoms with Crippen molar-refractivity contribution < 1.29 is 23.1 Å². The number of carbonyl (C=O) groups is 1. The summed E-state index contributed by atoms with van der Waals surface area (Å²) in [6.45, 7) is 2.56. The Hall–Kier alpha value is -1.57. The first-order chi connectivity index (χ1) is 8.21. The van der Waals surface area contributed by atoms with Crippen LogP contribution in [0.15, 0.2) is 0 Å². The summed E-state index contributed by atoms with van der Waals surface area (Å²) in [5.74, 6) is -0.592. The summed E-state index contributed by atoms with van der Waals surface area (Å²) < 4.78 is 36.0. The molecule has 0 spiro atoms. The third kappa shape index (κ3) is 3.73. The van der Waals surface area contributed by atoms with Crippen LogP contribution in [0.1, 0.15) is 17.0 Å². The molecule has 0 fully saturated rings. The van der Waals surface area contributed by atoms with Crippen molar-refractivity contribution in [2.75, 3.05) is 6.54 Å². The van der Waals surface area contributed by atoms with Crippen LogP contribution >= 0.6 is 0 Å². The van der Waals surface area contributed by atoms with Gasteiger partial charge in [-0.2, -0.15) is 18.3 Å². The number of hydrogen-bond donors (Lipinski definition) is 3. The van der Waals surface area contributed by atoms with Crippen LogP contribution in [0.5, 0.6) is 0 Å². The molecule has 0 saturated carbocycles. The third-order valence-corrected chi connectivity index (χ3v) is 2.49. The van der Waals surface area contributed by atoms with Gasteiger partial charge in [-0.3, -0.25) is 9.89 Å². The lowest BCUT2D eigenvalue weighted by atomic mass is 10.1. The molecule has 1 aromatic heterocycles. The Labute approximate surface area is 101 Å². The van der Waals surface area contributed by atoms with Crippen LogP contribution in [-0.4, -0.2) is 40.0 Å². The summed E-state index contributed by atoms with van der Waals surface area (Å²) in [7, 11) is 0. The van der Waals surface area contributed by atoms with Gasteiger partial charge in [0, 0.05) is 11.3 Å². The second-order valence-electron chi connectivity index (χ2n) is 3.95. The second kappa shape index (κ2) is 5.38. The van der Waals surface area contributed by atoms with Gasteiger partial charge >= 0.3 is 6.18 Å². The zero-order valence-corrected chi connectivity index (χ0v) is 9.93. The van der Waals surface area contributed by atoms with E-state index in [4.69, 9.17) is 5.11 Å². The molecular formula is C10H14F3N3O2. The number of aliphatic hydroxyl groups excluding tert-OH is 1. The van der Waals surface area contributed by atoms with Gasteiger partial charge in [0.15, 0.2) is 6.10 Å². The Balaban J connectivity index is 2.49. The highest BCUT2D eigenvalue weighted by Crippen LogP contribution is 2.19. The zero-order chi connectivity index (χ0) is 13.9. The number of aryl methyl sites for hydroxylation is 2. The van der Waals surface area contributed by atoms with Crippen molar-refractivity contribution in [2.45, 2.75) is 32.5 Å². The van der Waals surface area contributed by atoms with Crippen molar-refractivity contribution in [1.82, 2.24) is 15.5 Å². The summed E-state index contributed by atoms with van der Waals surface area (Å²) >= 11 is 0. The third-order valence-electron chi connectivity index (χ3n) is 2.49. The molecule has 18 heavy (non-hydrogen) atoms. The predicted molar refractivity (Wildman–Crippen MR) is 56.8 cm³/mol. The molecule has 8 heteroatoms. The molecular weight excluding hydrogens is 251 g/mol. The number of nitrogens with zero attached hydrogens (tertiary/aromatic N) is 1. The number of amides is 1. The van der Waals surface area contributed by atoms with Crippen LogP contribution < -0.4 is 5.32 Å².